The number of rotatable bonds is 4. The standard InChI is InChI=1S/C13H14ClN2/c1-2-3-8-16-9-13(15-10-16)11-4-6-12(14)7-5-11/h4-7,9-10H,1-3,8H2. The summed E-state index contributed by atoms with van der Waals surface area (Å²) in [5.74, 6) is 0. The summed E-state index contributed by atoms with van der Waals surface area (Å²) in [5, 5.41) is 0.750. The van der Waals surface area contributed by atoms with E-state index >= 15 is 0 Å². The van der Waals surface area contributed by atoms with Gasteiger partial charge in [-0.25, -0.2) is 4.98 Å². The quantitative estimate of drug-likeness (QED) is 0.785. The second kappa shape index (κ2) is 5.17. The number of halogens is 1. The van der Waals surface area contributed by atoms with Crippen LogP contribution >= 0.6 is 11.6 Å². The smallest absolute Gasteiger partial charge is 0.0953 e. The van der Waals surface area contributed by atoms with Crippen LogP contribution in [0.4, 0.5) is 0 Å². The van der Waals surface area contributed by atoms with Crippen molar-refractivity contribution >= 4 is 11.6 Å². The van der Waals surface area contributed by atoms with Gasteiger partial charge >= 0.3 is 0 Å². The van der Waals surface area contributed by atoms with Gasteiger partial charge in [0.25, 0.3) is 0 Å². The Balaban J connectivity index is 2.15. The molecule has 0 aliphatic heterocycles. The zero-order valence-corrected chi connectivity index (χ0v) is 9.82. The van der Waals surface area contributed by atoms with E-state index in [1.165, 1.54) is 0 Å². The van der Waals surface area contributed by atoms with E-state index in [2.05, 4.69) is 22.7 Å². The molecule has 2 rings (SSSR count). The van der Waals surface area contributed by atoms with Gasteiger partial charge < -0.3 is 4.57 Å². The van der Waals surface area contributed by atoms with Gasteiger partial charge in [-0.2, -0.15) is 0 Å². The number of hydrogen-bond donors (Lipinski definition) is 0. The lowest BCUT2D eigenvalue weighted by atomic mass is 10.2. The van der Waals surface area contributed by atoms with Crippen LogP contribution in [-0.4, -0.2) is 9.55 Å². The first-order chi connectivity index (χ1) is 7.79. The van der Waals surface area contributed by atoms with Crippen LogP contribution in [0.25, 0.3) is 11.3 Å². The lowest BCUT2D eigenvalue weighted by molar-refractivity contribution is 0.648. The van der Waals surface area contributed by atoms with Crippen LogP contribution in [0.15, 0.2) is 36.8 Å². The largest absolute Gasteiger partial charge is 0.337 e. The van der Waals surface area contributed by atoms with Gasteiger partial charge in [0.1, 0.15) is 0 Å². The van der Waals surface area contributed by atoms with Crippen molar-refractivity contribution in [1.82, 2.24) is 9.55 Å². The molecule has 1 aromatic heterocycles. The molecule has 0 aliphatic carbocycles. The first-order valence-electron chi connectivity index (χ1n) is 5.36. The summed E-state index contributed by atoms with van der Waals surface area (Å²) in [6.45, 7) is 4.80. The highest BCUT2D eigenvalue weighted by atomic mass is 35.5. The maximum Gasteiger partial charge on any atom is 0.0953 e. The molecule has 1 radical (unpaired) electrons. The van der Waals surface area contributed by atoms with Crippen LogP contribution in [-0.2, 0) is 6.54 Å². The van der Waals surface area contributed by atoms with Gasteiger partial charge in [-0.1, -0.05) is 37.1 Å². The van der Waals surface area contributed by atoms with Gasteiger partial charge in [0.2, 0.25) is 0 Å². The molecule has 0 unspecified atom stereocenters. The number of hydrogen-bond acceptors (Lipinski definition) is 1. The average Bonchev–Trinajstić information content (AvgIpc) is 2.76. The number of imidazole rings is 1. The normalized spacial score (nSPS) is 10.6. The molecule has 16 heavy (non-hydrogen) atoms. The minimum Gasteiger partial charge on any atom is -0.337 e. The van der Waals surface area contributed by atoms with Crippen molar-refractivity contribution in [2.24, 2.45) is 0 Å². The molecule has 0 fully saturated rings. The van der Waals surface area contributed by atoms with Crippen molar-refractivity contribution in [1.29, 1.82) is 0 Å². The minimum absolute atomic E-state index is 0.750. The van der Waals surface area contributed by atoms with Crippen LogP contribution in [0.3, 0.4) is 0 Å². The molecule has 0 saturated carbocycles. The summed E-state index contributed by atoms with van der Waals surface area (Å²) < 4.78 is 2.09. The molecule has 0 atom stereocenters. The maximum atomic E-state index is 5.84. The van der Waals surface area contributed by atoms with Gasteiger partial charge in [0.15, 0.2) is 0 Å². The third-order valence-electron chi connectivity index (χ3n) is 2.44. The van der Waals surface area contributed by atoms with Gasteiger partial charge in [-0.3, -0.25) is 0 Å². The SMILES string of the molecule is [CH2]CCCn1cnc(-c2ccc(Cl)cc2)c1. The average molecular weight is 234 g/mol. The van der Waals surface area contributed by atoms with Gasteiger partial charge in [0.05, 0.1) is 12.0 Å². The Labute approximate surface area is 101 Å². The predicted molar refractivity (Wildman–Crippen MR) is 67.3 cm³/mol. The minimum atomic E-state index is 0.750. The van der Waals surface area contributed by atoms with Crippen LogP contribution in [0.2, 0.25) is 5.02 Å². The highest BCUT2D eigenvalue weighted by molar-refractivity contribution is 6.30. The fraction of sp³-hybridized carbons (Fsp3) is 0.231. The van der Waals surface area contributed by atoms with Crippen LogP contribution in [0.5, 0.6) is 0 Å². The highest BCUT2D eigenvalue weighted by Gasteiger charge is 2.01. The summed E-state index contributed by atoms with van der Waals surface area (Å²) in [6, 6.07) is 7.73. The highest BCUT2D eigenvalue weighted by Crippen LogP contribution is 2.19. The van der Waals surface area contributed by atoms with E-state index in [1.54, 1.807) is 0 Å². The van der Waals surface area contributed by atoms with Crippen LogP contribution < -0.4 is 0 Å². The van der Waals surface area contributed by atoms with Gasteiger partial charge in [-0.15, -0.1) is 0 Å². The number of nitrogens with zero attached hydrogens (tertiary/aromatic N) is 2. The van der Waals surface area contributed by atoms with E-state index in [0.29, 0.717) is 0 Å². The topological polar surface area (TPSA) is 17.8 Å². The molecule has 2 nitrogen and oxygen atoms in total. The van der Waals surface area contributed by atoms with E-state index in [4.69, 9.17) is 11.6 Å². The Morgan fingerprint density at radius 2 is 2.00 bits per heavy atom. The summed E-state index contributed by atoms with van der Waals surface area (Å²) in [4.78, 5) is 4.37. The van der Waals surface area contributed by atoms with E-state index in [0.717, 1.165) is 35.7 Å². The molecule has 1 aromatic carbocycles. The molecule has 83 valence electrons. The lowest BCUT2D eigenvalue weighted by Gasteiger charge is -1.98. The second-order valence-corrected chi connectivity index (χ2v) is 4.15. The molecule has 0 aliphatic rings. The predicted octanol–water partition coefficient (Wildman–Crippen LogP) is 3.82. The summed E-state index contributed by atoms with van der Waals surface area (Å²) in [6.07, 6.45) is 5.95. The number of benzene rings is 1. The maximum absolute atomic E-state index is 5.84. The molecular formula is C13H14ClN2. The van der Waals surface area contributed by atoms with Crippen molar-refractivity contribution in [3.63, 3.8) is 0 Å². The number of aryl methyl sites for hydroxylation is 1. The molecule has 0 amide bonds. The van der Waals surface area contributed by atoms with E-state index in [9.17, 15) is 0 Å². The van der Waals surface area contributed by atoms with Crippen molar-refractivity contribution in [2.75, 3.05) is 0 Å². The molecule has 2 aromatic rings. The Kier molecular flexibility index (Phi) is 3.62. The first-order valence-corrected chi connectivity index (χ1v) is 5.74. The molecule has 0 saturated heterocycles. The Morgan fingerprint density at radius 1 is 1.25 bits per heavy atom. The monoisotopic (exact) mass is 233 g/mol. The summed E-state index contributed by atoms with van der Waals surface area (Å²) in [5.41, 5.74) is 2.08. The fourth-order valence-corrected chi connectivity index (χ4v) is 1.67. The molecule has 1 heterocycles. The Hall–Kier alpha value is -1.28. The van der Waals surface area contributed by atoms with E-state index < -0.39 is 0 Å². The Bertz CT molecular complexity index is 445. The second-order valence-electron chi connectivity index (χ2n) is 3.71. The zero-order chi connectivity index (χ0) is 11.4. The van der Waals surface area contributed by atoms with Crippen molar-refractivity contribution in [2.45, 2.75) is 19.4 Å². The van der Waals surface area contributed by atoms with Gasteiger partial charge in [0, 0.05) is 23.3 Å². The summed E-state index contributed by atoms with van der Waals surface area (Å²) in [7, 11) is 0. The molecule has 0 spiro atoms. The third-order valence-corrected chi connectivity index (χ3v) is 2.69. The Morgan fingerprint density at radius 3 is 2.69 bits per heavy atom. The molecule has 3 heteroatoms. The number of aromatic nitrogens is 2. The zero-order valence-electron chi connectivity index (χ0n) is 9.06. The van der Waals surface area contributed by atoms with Crippen molar-refractivity contribution in [3.05, 3.63) is 48.7 Å². The van der Waals surface area contributed by atoms with E-state index in [-0.39, 0.29) is 0 Å². The molecule has 0 bridgehead atoms. The van der Waals surface area contributed by atoms with Crippen molar-refractivity contribution < 1.29 is 0 Å². The summed E-state index contributed by atoms with van der Waals surface area (Å²) >= 11 is 5.84. The fourth-order valence-electron chi connectivity index (χ4n) is 1.55. The lowest BCUT2D eigenvalue weighted by Crippen LogP contribution is -1.92. The van der Waals surface area contributed by atoms with Crippen LogP contribution in [0, 0.1) is 6.92 Å². The van der Waals surface area contributed by atoms with Crippen LogP contribution in [0.1, 0.15) is 12.8 Å². The number of unbranched alkanes of at least 4 members (excludes halogenated alkanes) is 1. The van der Waals surface area contributed by atoms with Crippen molar-refractivity contribution in [3.8, 4) is 11.3 Å². The molecule has 0 N–H and O–H groups in total. The van der Waals surface area contributed by atoms with Gasteiger partial charge in [-0.05, 0) is 18.6 Å². The van der Waals surface area contributed by atoms with E-state index in [1.807, 2.05) is 30.6 Å². The first kappa shape index (κ1) is 11.2. The molecular weight excluding hydrogens is 220 g/mol. The third kappa shape index (κ3) is 2.64.